The normalized spacial score (nSPS) is 20.9. The summed E-state index contributed by atoms with van der Waals surface area (Å²) in [7, 11) is 0. The first-order valence-corrected chi connectivity index (χ1v) is 7.98. The Bertz CT molecular complexity index is 683. The first-order valence-electron chi connectivity index (χ1n) is 7.98. The van der Waals surface area contributed by atoms with Gasteiger partial charge in [0.1, 0.15) is 0 Å². The van der Waals surface area contributed by atoms with Crippen LogP contribution in [0.4, 0.5) is 0 Å². The van der Waals surface area contributed by atoms with Gasteiger partial charge in [-0.15, -0.1) is 0 Å². The molecule has 0 spiro atoms. The number of rotatable bonds is 4. The van der Waals surface area contributed by atoms with E-state index in [2.05, 4.69) is 15.3 Å². The average Bonchev–Trinajstić information content (AvgIpc) is 3.35. The Hall–Kier alpha value is -2.28. The predicted molar refractivity (Wildman–Crippen MR) is 81.5 cm³/mol. The summed E-state index contributed by atoms with van der Waals surface area (Å²) in [6.07, 6.45) is 7.29. The summed E-state index contributed by atoms with van der Waals surface area (Å²) in [5.74, 6) is 0.651. The number of fused-ring (bicyclic) bond motifs is 1. The highest BCUT2D eigenvalue weighted by molar-refractivity contribution is 5.93. The largest absolute Gasteiger partial charge is 0.374 e. The molecule has 0 radical (unpaired) electrons. The highest BCUT2D eigenvalue weighted by atomic mass is 16.5. The summed E-state index contributed by atoms with van der Waals surface area (Å²) >= 11 is 0. The van der Waals surface area contributed by atoms with E-state index in [4.69, 9.17) is 4.74 Å². The van der Waals surface area contributed by atoms with E-state index < -0.39 is 0 Å². The third kappa shape index (κ3) is 3.24. The summed E-state index contributed by atoms with van der Waals surface area (Å²) in [5.41, 5.74) is 1.58. The molecule has 23 heavy (non-hydrogen) atoms. The Morgan fingerprint density at radius 3 is 2.91 bits per heavy atom. The predicted octanol–water partition coefficient (Wildman–Crippen LogP) is 1.12. The van der Waals surface area contributed by atoms with Crippen molar-refractivity contribution in [3.8, 4) is 0 Å². The highest BCUT2D eigenvalue weighted by Gasteiger charge is 2.29. The second-order valence-electron chi connectivity index (χ2n) is 6.22. The zero-order valence-corrected chi connectivity index (χ0v) is 12.8. The molecule has 1 atom stereocenters. The van der Waals surface area contributed by atoms with E-state index in [-0.39, 0.29) is 12.0 Å². The van der Waals surface area contributed by atoms with Crippen LogP contribution in [0.1, 0.15) is 28.9 Å². The number of hydrogen-bond donors (Lipinski definition) is 0. The van der Waals surface area contributed by atoms with Gasteiger partial charge in [-0.1, -0.05) is 0 Å². The van der Waals surface area contributed by atoms with Crippen LogP contribution >= 0.6 is 0 Å². The molecule has 120 valence electrons. The lowest BCUT2D eigenvalue weighted by Crippen LogP contribution is -2.37. The van der Waals surface area contributed by atoms with Gasteiger partial charge in [-0.3, -0.25) is 9.48 Å². The number of aromatic nitrogens is 4. The zero-order valence-electron chi connectivity index (χ0n) is 12.8. The van der Waals surface area contributed by atoms with Crippen LogP contribution in [0.3, 0.4) is 0 Å². The van der Waals surface area contributed by atoms with E-state index in [0.29, 0.717) is 31.1 Å². The van der Waals surface area contributed by atoms with Crippen LogP contribution < -0.4 is 0 Å². The Morgan fingerprint density at radius 2 is 2.13 bits per heavy atom. The molecule has 0 aromatic carbocycles. The Labute approximate surface area is 134 Å². The first-order chi connectivity index (χ1) is 11.3. The molecule has 3 heterocycles. The van der Waals surface area contributed by atoms with E-state index in [9.17, 15) is 4.79 Å². The minimum absolute atomic E-state index is 0.0319. The van der Waals surface area contributed by atoms with E-state index in [0.717, 1.165) is 12.3 Å². The van der Waals surface area contributed by atoms with E-state index in [1.807, 2.05) is 15.6 Å². The molecule has 4 rings (SSSR count). The summed E-state index contributed by atoms with van der Waals surface area (Å²) in [4.78, 5) is 14.6. The Balaban J connectivity index is 1.54. The molecule has 1 aliphatic carbocycles. The van der Waals surface area contributed by atoms with Crippen LogP contribution in [0, 0.1) is 5.92 Å². The fourth-order valence-electron chi connectivity index (χ4n) is 2.83. The van der Waals surface area contributed by atoms with Crippen molar-refractivity contribution >= 4 is 5.91 Å². The van der Waals surface area contributed by atoms with Crippen molar-refractivity contribution in [3.63, 3.8) is 0 Å². The second-order valence-corrected chi connectivity index (χ2v) is 6.22. The van der Waals surface area contributed by atoms with Gasteiger partial charge in [0.05, 0.1) is 42.8 Å². The standard InChI is InChI=1S/C16H19N5O2/c22-16(13-3-5-17-18-7-13)20-8-14-4-6-19-21(14)10-15(9-20)23-11-12-1-2-12/h3-7,12,15H,1-2,8-11H2/t15-/m1/s1. The molecule has 1 fully saturated rings. The van der Waals surface area contributed by atoms with Gasteiger partial charge in [0, 0.05) is 19.3 Å². The third-order valence-corrected chi connectivity index (χ3v) is 4.34. The fourth-order valence-corrected chi connectivity index (χ4v) is 2.83. The van der Waals surface area contributed by atoms with Crippen molar-refractivity contribution in [1.29, 1.82) is 0 Å². The number of nitrogens with zero attached hydrogens (tertiary/aromatic N) is 5. The maximum atomic E-state index is 12.8. The van der Waals surface area contributed by atoms with Crippen molar-refractivity contribution in [2.24, 2.45) is 5.92 Å². The van der Waals surface area contributed by atoms with Crippen molar-refractivity contribution in [1.82, 2.24) is 24.9 Å². The van der Waals surface area contributed by atoms with Crippen LogP contribution in [-0.4, -0.2) is 50.0 Å². The maximum absolute atomic E-state index is 12.8. The molecule has 0 saturated heterocycles. The lowest BCUT2D eigenvalue weighted by atomic mass is 10.2. The fraction of sp³-hybridized carbons (Fsp3) is 0.500. The molecule has 1 amide bonds. The SMILES string of the molecule is O=C(c1ccnnc1)N1Cc2ccnn2C[C@H](OCC2CC2)C1. The monoisotopic (exact) mass is 313 g/mol. The molecule has 2 aromatic heterocycles. The molecule has 2 aliphatic rings. The molecule has 1 aliphatic heterocycles. The molecule has 0 bridgehead atoms. The topological polar surface area (TPSA) is 73.1 Å². The number of ether oxygens (including phenoxy) is 1. The summed E-state index contributed by atoms with van der Waals surface area (Å²) in [6.45, 7) is 2.56. The average molecular weight is 313 g/mol. The first kappa shape index (κ1) is 14.3. The van der Waals surface area contributed by atoms with Gasteiger partial charge in [0.15, 0.2) is 0 Å². The summed E-state index contributed by atoms with van der Waals surface area (Å²) in [5, 5.41) is 11.9. The van der Waals surface area contributed by atoms with E-state index in [1.54, 1.807) is 12.3 Å². The van der Waals surface area contributed by atoms with Gasteiger partial charge >= 0.3 is 0 Å². The number of amides is 1. The number of hydrogen-bond acceptors (Lipinski definition) is 5. The lowest BCUT2D eigenvalue weighted by Gasteiger charge is -2.24. The van der Waals surface area contributed by atoms with Gasteiger partial charge in [-0.05, 0) is 30.9 Å². The van der Waals surface area contributed by atoms with Gasteiger partial charge in [-0.2, -0.15) is 15.3 Å². The Kier molecular flexibility index (Phi) is 3.78. The molecule has 0 N–H and O–H groups in total. The lowest BCUT2D eigenvalue weighted by molar-refractivity contribution is 0.0136. The van der Waals surface area contributed by atoms with Gasteiger partial charge in [-0.25, -0.2) is 0 Å². The number of carbonyl (C=O) groups excluding carboxylic acids is 1. The van der Waals surface area contributed by atoms with Crippen LogP contribution in [0.15, 0.2) is 30.7 Å². The van der Waals surface area contributed by atoms with Crippen molar-refractivity contribution in [2.45, 2.75) is 32.0 Å². The zero-order chi connectivity index (χ0) is 15.6. The third-order valence-electron chi connectivity index (χ3n) is 4.34. The van der Waals surface area contributed by atoms with Crippen molar-refractivity contribution < 1.29 is 9.53 Å². The second kappa shape index (κ2) is 6.08. The van der Waals surface area contributed by atoms with Gasteiger partial charge in [0.2, 0.25) is 0 Å². The van der Waals surface area contributed by atoms with Gasteiger partial charge in [0.25, 0.3) is 5.91 Å². The van der Waals surface area contributed by atoms with E-state index in [1.165, 1.54) is 25.2 Å². The van der Waals surface area contributed by atoms with Crippen LogP contribution in [0.2, 0.25) is 0 Å². The minimum atomic E-state index is -0.0467. The van der Waals surface area contributed by atoms with Gasteiger partial charge < -0.3 is 9.64 Å². The van der Waals surface area contributed by atoms with E-state index >= 15 is 0 Å². The van der Waals surface area contributed by atoms with Crippen LogP contribution in [-0.2, 0) is 17.8 Å². The summed E-state index contributed by atoms with van der Waals surface area (Å²) in [6, 6.07) is 3.64. The van der Waals surface area contributed by atoms with Crippen molar-refractivity contribution in [3.05, 3.63) is 42.0 Å². The molecule has 7 heteroatoms. The molecule has 1 saturated carbocycles. The Morgan fingerprint density at radius 1 is 1.22 bits per heavy atom. The number of carbonyl (C=O) groups is 1. The molecule has 7 nitrogen and oxygen atoms in total. The minimum Gasteiger partial charge on any atom is -0.374 e. The van der Waals surface area contributed by atoms with Crippen LogP contribution in [0.25, 0.3) is 0 Å². The quantitative estimate of drug-likeness (QED) is 0.846. The maximum Gasteiger partial charge on any atom is 0.255 e. The summed E-state index contributed by atoms with van der Waals surface area (Å²) < 4.78 is 7.99. The smallest absolute Gasteiger partial charge is 0.255 e. The molecular formula is C16H19N5O2. The molecule has 0 unspecified atom stereocenters. The highest BCUT2D eigenvalue weighted by Crippen LogP contribution is 2.29. The molecular weight excluding hydrogens is 294 g/mol. The van der Waals surface area contributed by atoms with Crippen LogP contribution in [0.5, 0.6) is 0 Å². The van der Waals surface area contributed by atoms with Crippen molar-refractivity contribution in [2.75, 3.05) is 13.2 Å². The molecule has 2 aromatic rings.